The molecule has 1 unspecified atom stereocenters. The van der Waals surface area contributed by atoms with Gasteiger partial charge in [0.05, 0.1) is 0 Å². The summed E-state index contributed by atoms with van der Waals surface area (Å²) in [6, 6.07) is 2.52. The van der Waals surface area contributed by atoms with Crippen molar-refractivity contribution >= 4 is 11.3 Å². The van der Waals surface area contributed by atoms with Crippen LogP contribution in [-0.4, -0.2) is 17.2 Å². The molecule has 7 heteroatoms. The van der Waals surface area contributed by atoms with E-state index in [2.05, 4.69) is 0 Å². The number of aliphatic hydroxyl groups excluding tert-OH is 1. The van der Waals surface area contributed by atoms with Crippen molar-refractivity contribution < 1.29 is 27.1 Å². The van der Waals surface area contributed by atoms with Crippen molar-refractivity contribution in [3.8, 4) is 0 Å². The van der Waals surface area contributed by atoms with Gasteiger partial charge in [-0.15, -0.1) is 11.3 Å². The van der Waals surface area contributed by atoms with Gasteiger partial charge in [-0.25, -0.2) is 0 Å². The summed E-state index contributed by atoms with van der Waals surface area (Å²) in [7, 11) is 0. The molecule has 1 nitrogen and oxygen atoms in total. The molecule has 0 aliphatic rings. The molecule has 0 bridgehead atoms. The third-order valence-corrected chi connectivity index (χ3v) is 3.30. The van der Waals surface area contributed by atoms with Crippen LogP contribution in [0.4, 0.5) is 22.0 Å². The van der Waals surface area contributed by atoms with Crippen LogP contribution in [0.5, 0.6) is 0 Å². The first-order valence-corrected chi connectivity index (χ1v) is 5.23. The number of rotatable bonds is 3. The van der Waals surface area contributed by atoms with Crippen LogP contribution in [0.3, 0.4) is 0 Å². The van der Waals surface area contributed by atoms with Crippen molar-refractivity contribution in [1.82, 2.24) is 0 Å². The Balaban J connectivity index is 2.97. The van der Waals surface area contributed by atoms with Gasteiger partial charge in [0.2, 0.25) is 0 Å². The first-order chi connectivity index (χ1) is 7.20. The summed E-state index contributed by atoms with van der Waals surface area (Å²) < 4.78 is 61.4. The Morgan fingerprint density at radius 2 is 1.81 bits per heavy atom. The Kier molecular flexibility index (Phi) is 3.59. The van der Waals surface area contributed by atoms with Crippen LogP contribution < -0.4 is 0 Å². The zero-order chi connectivity index (χ0) is 12.6. The minimum atomic E-state index is -5.75. The van der Waals surface area contributed by atoms with Gasteiger partial charge in [-0.05, 0) is 18.6 Å². The third-order valence-electron chi connectivity index (χ3n) is 2.02. The third kappa shape index (κ3) is 2.35. The molecular weight excluding hydrogens is 251 g/mol. The largest absolute Gasteiger partial charge is 0.456 e. The van der Waals surface area contributed by atoms with Gasteiger partial charge in [-0.3, -0.25) is 0 Å². The Bertz CT molecular complexity index is 357. The highest BCUT2D eigenvalue weighted by atomic mass is 32.1. The van der Waals surface area contributed by atoms with E-state index in [-0.39, 0.29) is 4.88 Å². The maximum Gasteiger partial charge on any atom is 0.456 e. The number of aryl methyl sites for hydroxylation is 1. The zero-order valence-electron chi connectivity index (χ0n) is 8.18. The maximum absolute atomic E-state index is 12.8. The van der Waals surface area contributed by atoms with Gasteiger partial charge in [0.1, 0.15) is 0 Å². The molecule has 0 saturated heterocycles. The van der Waals surface area contributed by atoms with Crippen LogP contribution in [0.1, 0.15) is 22.8 Å². The number of hydrogen-bond donors (Lipinski definition) is 1. The van der Waals surface area contributed by atoms with Crippen molar-refractivity contribution in [2.24, 2.45) is 0 Å². The van der Waals surface area contributed by atoms with Gasteiger partial charge in [0.25, 0.3) is 0 Å². The number of aliphatic hydroxyl groups is 1. The molecule has 0 aliphatic carbocycles. The average Bonchev–Trinajstić information content (AvgIpc) is 2.62. The monoisotopic (exact) mass is 260 g/mol. The van der Waals surface area contributed by atoms with E-state index in [9.17, 15) is 22.0 Å². The summed E-state index contributed by atoms with van der Waals surface area (Å²) in [5.74, 6) is -5.12. The van der Waals surface area contributed by atoms with Crippen LogP contribution >= 0.6 is 11.3 Å². The Labute approximate surface area is 92.5 Å². The minimum absolute atomic E-state index is 0.376. The lowest BCUT2D eigenvalue weighted by Gasteiger charge is -2.23. The van der Waals surface area contributed by atoms with E-state index < -0.39 is 18.2 Å². The van der Waals surface area contributed by atoms with Crippen LogP contribution in [0.25, 0.3) is 0 Å². The van der Waals surface area contributed by atoms with E-state index in [4.69, 9.17) is 5.11 Å². The summed E-state index contributed by atoms with van der Waals surface area (Å²) in [4.78, 5) is 0.270. The molecule has 0 aromatic carbocycles. The summed E-state index contributed by atoms with van der Waals surface area (Å²) in [5.41, 5.74) is 0. The predicted octanol–water partition coefficient (Wildman–Crippen LogP) is 3.54. The molecule has 0 aliphatic heterocycles. The van der Waals surface area contributed by atoms with Gasteiger partial charge in [0.15, 0.2) is 6.10 Å². The van der Waals surface area contributed by atoms with Crippen molar-refractivity contribution in [2.45, 2.75) is 31.5 Å². The Hall–Kier alpha value is -0.690. The van der Waals surface area contributed by atoms with Crippen LogP contribution in [0, 0.1) is 0 Å². The molecule has 92 valence electrons. The lowest BCUT2D eigenvalue weighted by Crippen LogP contribution is -2.41. The quantitative estimate of drug-likeness (QED) is 0.824. The molecule has 0 fully saturated rings. The number of thiophene rings is 1. The van der Waals surface area contributed by atoms with Gasteiger partial charge in [-0.1, -0.05) is 6.92 Å². The number of halogens is 5. The topological polar surface area (TPSA) is 20.2 Å². The van der Waals surface area contributed by atoms with E-state index in [1.807, 2.05) is 0 Å². The van der Waals surface area contributed by atoms with Crippen LogP contribution in [0.2, 0.25) is 0 Å². The highest BCUT2D eigenvalue weighted by Gasteiger charge is 2.62. The normalized spacial score (nSPS) is 15.2. The smallest absolute Gasteiger partial charge is 0.381 e. The van der Waals surface area contributed by atoms with E-state index in [1.54, 1.807) is 6.92 Å². The fourth-order valence-corrected chi connectivity index (χ4v) is 2.04. The van der Waals surface area contributed by atoms with Crippen molar-refractivity contribution in [3.63, 3.8) is 0 Å². The molecule has 1 aromatic rings. The van der Waals surface area contributed by atoms with E-state index in [0.29, 0.717) is 11.3 Å². The lowest BCUT2D eigenvalue weighted by molar-refractivity contribution is -0.314. The number of alkyl halides is 5. The highest BCUT2D eigenvalue weighted by molar-refractivity contribution is 7.12. The van der Waals surface area contributed by atoms with Gasteiger partial charge in [0, 0.05) is 9.75 Å². The first-order valence-electron chi connectivity index (χ1n) is 4.41. The fourth-order valence-electron chi connectivity index (χ4n) is 1.07. The standard InChI is InChI=1S/C9H9F5OS/c1-2-5-3-4-6(16-5)7(15)8(10,11)9(12,13)14/h3-4,7,15H,2H2,1H3. The van der Waals surface area contributed by atoms with E-state index in [0.717, 1.165) is 17.4 Å². The predicted molar refractivity (Wildman–Crippen MR) is 49.7 cm³/mol. The van der Waals surface area contributed by atoms with Gasteiger partial charge in [-0.2, -0.15) is 22.0 Å². The molecule has 1 aromatic heterocycles. The summed E-state index contributed by atoms with van der Waals surface area (Å²) in [6.07, 6.45) is -8.06. The molecular formula is C9H9F5OS. The van der Waals surface area contributed by atoms with Gasteiger partial charge < -0.3 is 5.11 Å². The lowest BCUT2D eigenvalue weighted by atomic mass is 10.1. The van der Waals surface area contributed by atoms with Crippen molar-refractivity contribution in [1.29, 1.82) is 0 Å². The molecule has 1 atom stereocenters. The van der Waals surface area contributed by atoms with Crippen LogP contribution in [-0.2, 0) is 6.42 Å². The molecule has 0 radical (unpaired) electrons. The first kappa shape index (κ1) is 13.4. The molecule has 0 spiro atoms. The zero-order valence-corrected chi connectivity index (χ0v) is 9.00. The maximum atomic E-state index is 12.8. The molecule has 16 heavy (non-hydrogen) atoms. The Morgan fingerprint density at radius 3 is 2.19 bits per heavy atom. The number of hydrogen-bond acceptors (Lipinski definition) is 2. The fraction of sp³-hybridized carbons (Fsp3) is 0.556. The highest BCUT2D eigenvalue weighted by Crippen LogP contribution is 2.45. The van der Waals surface area contributed by atoms with Crippen molar-refractivity contribution in [2.75, 3.05) is 0 Å². The molecule has 1 rings (SSSR count). The Morgan fingerprint density at radius 1 is 1.25 bits per heavy atom. The van der Waals surface area contributed by atoms with E-state index in [1.165, 1.54) is 6.07 Å². The molecule has 1 N–H and O–H groups in total. The second-order valence-corrected chi connectivity index (χ2v) is 4.38. The van der Waals surface area contributed by atoms with Crippen LogP contribution in [0.15, 0.2) is 12.1 Å². The summed E-state index contributed by atoms with van der Waals surface area (Å²) in [6.45, 7) is 1.74. The second kappa shape index (κ2) is 4.29. The van der Waals surface area contributed by atoms with Gasteiger partial charge >= 0.3 is 12.1 Å². The minimum Gasteiger partial charge on any atom is -0.381 e. The SMILES string of the molecule is CCc1ccc(C(O)C(F)(F)C(F)(F)F)s1. The van der Waals surface area contributed by atoms with E-state index >= 15 is 0 Å². The second-order valence-electron chi connectivity index (χ2n) is 3.18. The summed E-state index contributed by atoms with van der Waals surface area (Å²) >= 11 is 0.754. The summed E-state index contributed by atoms with van der Waals surface area (Å²) in [5, 5.41) is 9.03. The van der Waals surface area contributed by atoms with Crippen molar-refractivity contribution in [3.05, 3.63) is 21.9 Å². The molecule has 1 heterocycles. The average molecular weight is 260 g/mol. The molecule has 0 saturated carbocycles. The molecule has 0 amide bonds.